The molecule has 4 nitrogen and oxygen atoms in total. The van der Waals surface area contributed by atoms with Crippen LogP contribution in [0.3, 0.4) is 0 Å². The third-order valence-electron chi connectivity index (χ3n) is 2.78. The molecule has 0 radical (unpaired) electrons. The first-order valence-corrected chi connectivity index (χ1v) is 21.9. The summed E-state index contributed by atoms with van der Waals surface area (Å²) in [6.45, 7) is 18.1. The molecule has 0 amide bonds. The van der Waals surface area contributed by atoms with Crippen LogP contribution >= 0.6 is 0 Å². The first-order valence-electron chi connectivity index (χ1n) is 8.20. The van der Waals surface area contributed by atoms with Gasteiger partial charge < -0.3 is 16.5 Å². The number of alkyl halides is 2. The fraction of sp³-hybridized carbons (Fsp3) is 1.00. The summed E-state index contributed by atoms with van der Waals surface area (Å²) in [5.74, 6) is 0. The Balaban J connectivity index is 5.15. The largest absolute Gasteiger partial charge is 0.440 e. The molecule has 0 bridgehead atoms. The standard InChI is InChI=1S/C12H34F2O4Si5/c1-19(2)15-21(5,6)17-23(9,11-10-12(13)14)18-22(7,8)16-20(3)4/h12,19-20H,10-11H2,1-9H3. The van der Waals surface area contributed by atoms with Gasteiger partial charge >= 0.3 is 25.7 Å². The smallest absolute Gasteiger partial charge is 0.317 e. The Labute approximate surface area is 147 Å². The van der Waals surface area contributed by atoms with Gasteiger partial charge in [0.05, 0.1) is 0 Å². The summed E-state index contributed by atoms with van der Waals surface area (Å²) in [5.41, 5.74) is 0. The van der Waals surface area contributed by atoms with Crippen molar-refractivity contribution in [1.82, 2.24) is 0 Å². The molecule has 0 aliphatic heterocycles. The Morgan fingerprint density at radius 1 is 0.783 bits per heavy atom. The van der Waals surface area contributed by atoms with Crippen LogP contribution in [0.5, 0.6) is 0 Å². The average molecular weight is 421 g/mol. The highest BCUT2D eigenvalue weighted by Gasteiger charge is 2.45. The van der Waals surface area contributed by atoms with Gasteiger partial charge in [0.25, 0.3) is 0 Å². The third kappa shape index (κ3) is 11.9. The zero-order valence-corrected chi connectivity index (χ0v) is 21.3. The van der Waals surface area contributed by atoms with Crippen LogP contribution in [0.25, 0.3) is 0 Å². The highest BCUT2D eigenvalue weighted by atomic mass is 28.5. The highest BCUT2D eigenvalue weighted by Crippen LogP contribution is 2.28. The summed E-state index contributed by atoms with van der Waals surface area (Å²) >= 11 is 0. The zero-order chi connectivity index (χ0) is 18.5. The Kier molecular flexibility index (Phi) is 9.80. The van der Waals surface area contributed by atoms with Crippen molar-refractivity contribution >= 4 is 43.8 Å². The van der Waals surface area contributed by atoms with E-state index in [1.165, 1.54) is 0 Å². The second-order valence-corrected chi connectivity index (χ2v) is 23.5. The Bertz CT molecular complexity index is 332. The second-order valence-electron chi connectivity index (χ2n) is 7.40. The van der Waals surface area contributed by atoms with E-state index in [-0.39, 0.29) is 12.5 Å². The van der Waals surface area contributed by atoms with Gasteiger partial charge in [-0.15, -0.1) is 0 Å². The Hall–Kier alpha value is 0.784. The molecule has 0 aromatic rings. The van der Waals surface area contributed by atoms with Crippen molar-refractivity contribution in [2.45, 2.75) is 77.8 Å². The van der Waals surface area contributed by atoms with E-state index < -0.39 is 50.2 Å². The van der Waals surface area contributed by atoms with Crippen LogP contribution in [0.4, 0.5) is 8.78 Å². The van der Waals surface area contributed by atoms with E-state index in [4.69, 9.17) is 16.5 Å². The van der Waals surface area contributed by atoms with Crippen LogP contribution in [0.15, 0.2) is 0 Å². The van der Waals surface area contributed by atoms with E-state index in [2.05, 4.69) is 26.2 Å². The zero-order valence-electron chi connectivity index (χ0n) is 16.0. The molecule has 0 fully saturated rings. The molecule has 0 saturated carbocycles. The molecule has 0 atom stereocenters. The lowest BCUT2D eigenvalue weighted by molar-refractivity contribution is 0.139. The quantitative estimate of drug-likeness (QED) is 0.471. The molecule has 0 aliphatic rings. The van der Waals surface area contributed by atoms with E-state index in [1.54, 1.807) is 0 Å². The SMILES string of the molecule is C[SiH](C)O[Si](C)(C)O[Si](C)(CCC(F)F)O[Si](C)(C)O[SiH](C)C. The number of halogens is 2. The van der Waals surface area contributed by atoms with Crippen LogP contribution in [-0.4, -0.2) is 50.2 Å². The maximum absolute atomic E-state index is 12.7. The first kappa shape index (κ1) is 23.8. The topological polar surface area (TPSA) is 36.9 Å². The predicted molar refractivity (Wildman–Crippen MR) is 104 cm³/mol. The van der Waals surface area contributed by atoms with Crippen LogP contribution in [0.1, 0.15) is 6.42 Å². The van der Waals surface area contributed by atoms with Gasteiger partial charge in [0.15, 0.2) is 18.1 Å². The normalized spacial score (nSPS) is 14.3. The molecule has 0 aliphatic carbocycles. The van der Waals surface area contributed by atoms with Crippen LogP contribution in [0, 0.1) is 0 Å². The number of hydrogen-bond acceptors (Lipinski definition) is 4. The summed E-state index contributed by atoms with van der Waals surface area (Å²) in [6, 6.07) is 0.267. The first-order chi connectivity index (χ1) is 10.2. The highest BCUT2D eigenvalue weighted by molar-refractivity contribution is 6.87. The van der Waals surface area contributed by atoms with Crippen molar-refractivity contribution < 1.29 is 25.2 Å². The van der Waals surface area contributed by atoms with Gasteiger partial charge in [-0.2, -0.15) is 0 Å². The maximum Gasteiger partial charge on any atom is 0.317 e. The molecule has 0 unspecified atom stereocenters. The van der Waals surface area contributed by atoms with Gasteiger partial charge in [0, 0.05) is 6.42 Å². The van der Waals surface area contributed by atoms with E-state index in [0.717, 1.165) is 0 Å². The molecule has 0 heterocycles. The fourth-order valence-corrected chi connectivity index (χ4v) is 23.5. The van der Waals surface area contributed by atoms with Gasteiger partial charge in [0.2, 0.25) is 6.43 Å². The molecule has 23 heavy (non-hydrogen) atoms. The van der Waals surface area contributed by atoms with E-state index >= 15 is 0 Å². The molecule has 0 aromatic carbocycles. The fourth-order valence-electron chi connectivity index (χ4n) is 2.72. The molecular formula is C12H34F2O4Si5. The van der Waals surface area contributed by atoms with Crippen molar-refractivity contribution in [3.05, 3.63) is 0 Å². The summed E-state index contributed by atoms with van der Waals surface area (Å²) in [4.78, 5) is 0. The summed E-state index contributed by atoms with van der Waals surface area (Å²) in [7, 11) is -10.1. The lowest BCUT2D eigenvalue weighted by atomic mass is 10.5. The van der Waals surface area contributed by atoms with Crippen LogP contribution in [0.2, 0.25) is 65.0 Å². The summed E-state index contributed by atoms with van der Waals surface area (Å²) in [6.07, 6.45) is -2.54. The predicted octanol–water partition coefficient (Wildman–Crippen LogP) is 4.15. The van der Waals surface area contributed by atoms with Crippen molar-refractivity contribution in [3.63, 3.8) is 0 Å². The Morgan fingerprint density at radius 2 is 1.13 bits per heavy atom. The minimum absolute atomic E-state index is 0.199. The van der Waals surface area contributed by atoms with Crippen molar-refractivity contribution in [3.8, 4) is 0 Å². The lowest BCUT2D eigenvalue weighted by Crippen LogP contribution is -2.57. The summed E-state index contributed by atoms with van der Waals surface area (Å²) in [5, 5.41) is 0. The molecule has 0 aromatic heterocycles. The number of rotatable bonds is 11. The molecule has 11 heteroatoms. The van der Waals surface area contributed by atoms with Crippen molar-refractivity contribution in [1.29, 1.82) is 0 Å². The second kappa shape index (κ2) is 9.47. The molecule has 0 N–H and O–H groups in total. The van der Waals surface area contributed by atoms with Gasteiger partial charge in [-0.25, -0.2) is 8.78 Å². The van der Waals surface area contributed by atoms with Crippen molar-refractivity contribution in [2.24, 2.45) is 0 Å². The Morgan fingerprint density at radius 3 is 1.39 bits per heavy atom. The van der Waals surface area contributed by atoms with Crippen molar-refractivity contribution in [2.75, 3.05) is 0 Å². The lowest BCUT2D eigenvalue weighted by Gasteiger charge is -2.41. The summed E-state index contributed by atoms with van der Waals surface area (Å²) < 4.78 is 50.2. The molecule has 0 saturated heterocycles. The minimum atomic E-state index is -2.78. The van der Waals surface area contributed by atoms with E-state index in [9.17, 15) is 8.78 Å². The van der Waals surface area contributed by atoms with Gasteiger partial charge in [0.1, 0.15) is 0 Å². The van der Waals surface area contributed by atoms with E-state index in [0.29, 0.717) is 0 Å². The molecule has 0 spiro atoms. The third-order valence-corrected chi connectivity index (χ3v) is 19.7. The van der Waals surface area contributed by atoms with Crippen LogP contribution in [-0.2, 0) is 16.5 Å². The molecular weight excluding hydrogens is 387 g/mol. The number of hydrogen-bond donors (Lipinski definition) is 0. The average Bonchev–Trinajstić information content (AvgIpc) is 2.20. The monoisotopic (exact) mass is 420 g/mol. The maximum atomic E-state index is 12.7. The van der Waals surface area contributed by atoms with E-state index in [1.807, 2.05) is 32.7 Å². The molecule has 140 valence electrons. The molecule has 0 rings (SSSR count). The van der Waals surface area contributed by atoms with Gasteiger partial charge in [-0.1, -0.05) is 0 Å². The minimum Gasteiger partial charge on any atom is -0.440 e. The van der Waals surface area contributed by atoms with Gasteiger partial charge in [-0.05, 0) is 65.0 Å². The van der Waals surface area contributed by atoms with Gasteiger partial charge in [-0.3, -0.25) is 0 Å². The van der Waals surface area contributed by atoms with Crippen LogP contribution < -0.4 is 0 Å².